The van der Waals surface area contributed by atoms with E-state index in [1.54, 1.807) is 11.3 Å². The molecule has 4 rings (SSSR count). The van der Waals surface area contributed by atoms with Gasteiger partial charge in [-0.15, -0.1) is 11.3 Å². The number of fused-ring (bicyclic) bond motifs is 2. The van der Waals surface area contributed by atoms with E-state index < -0.39 is 0 Å². The molecule has 1 aromatic carbocycles. The standard InChI is InChI=1S/C14H14N2O2S/c17-14(12-9-2-1-5-18-13(9)12)16-8-3-4-11-10(6-8)15-7-19-11/h3-4,6-7,9,12-13H,1-2,5H2,(H,16,17). The van der Waals surface area contributed by atoms with Crippen molar-refractivity contribution in [3.63, 3.8) is 0 Å². The fraction of sp³-hybridized carbons (Fsp3) is 0.429. The molecule has 2 aliphatic rings. The van der Waals surface area contributed by atoms with Crippen LogP contribution in [0.1, 0.15) is 12.8 Å². The molecule has 1 aliphatic carbocycles. The molecule has 1 saturated carbocycles. The number of anilines is 1. The van der Waals surface area contributed by atoms with Crippen molar-refractivity contribution in [3.8, 4) is 0 Å². The van der Waals surface area contributed by atoms with E-state index in [1.165, 1.54) is 0 Å². The number of nitrogens with one attached hydrogen (secondary N) is 1. The van der Waals surface area contributed by atoms with Crippen LogP contribution in [0.3, 0.4) is 0 Å². The fourth-order valence-corrected chi connectivity index (χ4v) is 3.62. The molecule has 0 spiro atoms. The maximum Gasteiger partial charge on any atom is 0.230 e. The third-order valence-corrected chi connectivity index (χ3v) is 4.80. The van der Waals surface area contributed by atoms with Gasteiger partial charge in [-0.1, -0.05) is 0 Å². The molecule has 3 unspecified atom stereocenters. The van der Waals surface area contributed by atoms with E-state index in [2.05, 4.69) is 10.3 Å². The van der Waals surface area contributed by atoms with Gasteiger partial charge in [0.05, 0.1) is 27.7 Å². The highest BCUT2D eigenvalue weighted by Gasteiger charge is 2.56. The van der Waals surface area contributed by atoms with Crippen LogP contribution in [-0.2, 0) is 9.53 Å². The van der Waals surface area contributed by atoms with Gasteiger partial charge >= 0.3 is 0 Å². The highest BCUT2D eigenvalue weighted by atomic mass is 32.1. The Bertz CT molecular complexity index is 627. The van der Waals surface area contributed by atoms with Gasteiger partial charge in [0.15, 0.2) is 0 Å². The molecule has 1 amide bonds. The fourth-order valence-electron chi connectivity index (χ4n) is 2.96. The second kappa shape index (κ2) is 4.28. The summed E-state index contributed by atoms with van der Waals surface area (Å²) in [5.74, 6) is 0.580. The van der Waals surface area contributed by atoms with Crippen LogP contribution in [0.5, 0.6) is 0 Å². The minimum atomic E-state index is 0.0497. The molecule has 1 N–H and O–H groups in total. The van der Waals surface area contributed by atoms with Crippen LogP contribution in [0.15, 0.2) is 23.7 Å². The molecule has 98 valence electrons. The van der Waals surface area contributed by atoms with Crippen molar-refractivity contribution >= 4 is 33.1 Å². The number of rotatable bonds is 2. The van der Waals surface area contributed by atoms with Crippen LogP contribution in [0.2, 0.25) is 0 Å². The Morgan fingerprint density at radius 3 is 3.26 bits per heavy atom. The number of thiazole rings is 1. The van der Waals surface area contributed by atoms with Crippen molar-refractivity contribution < 1.29 is 9.53 Å². The largest absolute Gasteiger partial charge is 0.377 e. The maximum atomic E-state index is 12.2. The number of ether oxygens (including phenoxy) is 1. The van der Waals surface area contributed by atoms with Gasteiger partial charge in [-0.2, -0.15) is 0 Å². The van der Waals surface area contributed by atoms with E-state index in [-0.39, 0.29) is 17.9 Å². The van der Waals surface area contributed by atoms with E-state index in [1.807, 2.05) is 23.7 Å². The number of hydrogen-bond acceptors (Lipinski definition) is 4. The van der Waals surface area contributed by atoms with Crippen molar-refractivity contribution in [1.29, 1.82) is 0 Å². The van der Waals surface area contributed by atoms with Crippen LogP contribution in [0, 0.1) is 11.8 Å². The Hall–Kier alpha value is -1.46. The first-order valence-corrected chi connectivity index (χ1v) is 7.46. The van der Waals surface area contributed by atoms with E-state index in [0.29, 0.717) is 5.92 Å². The summed E-state index contributed by atoms with van der Waals surface area (Å²) in [5.41, 5.74) is 3.58. The third-order valence-electron chi connectivity index (χ3n) is 3.99. The molecule has 1 aliphatic heterocycles. The number of nitrogens with zero attached hydrogens (tertiary/aromatic N) is 1. The summed E-state index contributed by atoms with van der Waals surface area (Å²) < 4.78 is 6.75. The first kappa shape index (κ1) is 11.4. The molecule has 1 aromatic heterocycles. The molecular weight excluding hydrogens is 260 g/mol. The highest BCUT2D eigenvalue weighted by Crippen LogP contribution is 2.48. The lowest BCUT2D eigenvalue weighted by molar-refractivity contribution is -0.118. The van der Waals surface area contributed by atoms with E-state index >= 15 is 0 Å². The predicted molar refractivity (Wildman–Crippen MR) is 74.2 cm³/mol. The molecular formula is C14H14N2O2S. The van der Waals surface area contributed by atoms with Crippen molar-refractivity contribution in [1.82, 2.24) is 4.98 Å². The molecule has 1 saturated heterocycles. The maximum absolute atomic E-state index is 12.2. The quantitative estimate of drug-likeness (QED) is 0.916. The van der Waals surface area contributed by atoms with Gasteiger partial charge in [0.2, 0.25) is 5.91 Å². The molecule has 0 bridgehead atoms. The second-order valence-corrected chi connectivity index (χ2v) is 6.08. The number of benzene rings is 1. The van der Waals surface area contributed by atoms with Gasteiger partial charge in [0, 0.05) is 18.2 Å². The van der Waals surface area contributed by atoms with Crippen molar-refractivity contribution in [2.24, 2.45) is 11.8 Å². The van der Waals surface area contributed by atoms with Crippen molar-refractivity contribution in [2.45, 2.75) is 18.9 Å². The monoisotopic (exact) mass is 274 g/mol. The minimum Gasteiger partial charge on any atom is -0.377 e. The van der Waals surface area contributed by atoms with Crippen LogP contribution in [0.4, 0.5) is 5.69 Å². The van der Waals surface area contributed by atoms with Gasteiger partial charge in [0.25, 0.3) is 0 Å². The van der Waals surface area contributed by atoms with Crippen molar-refractivity contribution in [3.05, 3.63) is 23.7 Å². The van der Waals surface area contributed by atoms with Crippen LogP contribution >= 0.6 is 11.3 Å². The number of carbonyl (C=O) groups is 1. The average molecular weight is 274 g/mol. The predicted octanol–water partition coefficient (Wildman–Crippen LogP) is 2.66. The molecule has 2 heterocycles. The SMILES string of the molecule is O=C(Nc1ccc2scnc2c1)C1C2CCCOC21. The lowest BCUT2D eigenvalue weighted by Gasteiger charge is -2.07. The summed E-state index contributed by atoms with van der Waals surface area (Å²) in [7, 11) is 0. The lowest BCUT2D eigenvalue weighted by atomic mass is 10.2. The Morgan fingerprint density at radius 2 is 2.42 bits per heavy atom. The molecule has 2 fully saturated rings. The summed E-state index contributed by atoms with van der Waals surface area (Å²) in [6, 6.07) is 5.86. The zero-order chi connectivity index (χ0) is 12.8. The Labute approximate surface area is 114 Å². The van der Waals surface area contributed by atoms with Crippen LogP contribution in [-0.4, -0.2) is 23.6 Å². The summed E-state index contributed by atoms with van der Waals surface area (Å²) in [5, 5.41) is 2.99. The Kier molecular flexibility index (Phi) is 2.56. The van der Waals surface area contributed by atoms with E-state index in [0.717, 1.165) is 35.4 Å². The summed E-state index contributed by atoms with van der Waals surface area (Å²) in [4.78, 5) is 16.5. The van der Waals surface area contributed by atoms with E-state index in [9.17, 15) is 4.79 Å². The molecule has 4 nitrogen and oxygen atoms in total. The number of hydrogen-bond donors (Lipinski definition) is 1. The first-order valence-electron chi connectivity index (χ1n) is 6.59. The topological polar surface area (TPSA) is 51.2 Å². The van der Waals surface area contributed by atoms with Gasteiger partial charge in [-0.25, -0.2) is 4.98 Å². The smallest absolute Gasteiger partial charge is 0.230 e. The van der Waals surface area contributed by atoms with Gasteiger partial charge in [-0.05, 0) is 31.0 Å². The normalized spacial score (nSPS) is 28.9. The van der Waals surface area contributed by atoms with E-state index in [4.69, 9.17) is 4.74 Å². The molecule has 5 heteroatoms. The van der Waals surface area contributed by atoms with Crippen LogP contribution in [0.25, 0.3) is 10.2 Å². The summed E-state index contributed by atoms with van der Waals surface area (Å²) in [6.45, 7) is 0.801. The second-order valence-electron chi connectivity index (χ2n) is 5.19. The highest BCUT2D eigenvalue weighted by molar-refractivity contribution is 7.16. The lowest BCUT2D eigenvalue weighted by Crippen LogP contribution is -2.16. The van der Waals surface area contributed by atoms with Gasteiger partial charge in [-0.3, -0.25) is 4.79 Å². The third kappa shape index (κ3) is 1.93. The van der Waals surface area contributed by atoms with Gasteiger partial charge < -0.3 is 10.1 Å². The molecule has 2 aromatic rings. The molecule has 19 heavy (non-hydrogen) atoms. The Morgan fingerprint density at radius 1 is 1.47 bits per heavy atom. The van der Waals surface area contributed by atoms with Crippen molar-refractivity contribution in [2.75, 3.05) is 11.9 Å². The van der Waals surface area contributed by atoms with Gasteiger partial charge in [0.1, 0.15) is 0 Å². The minimum absolute atomic E-state index is 0.0497. The summed E-state index contributed by atoms with van der Waals surface area (Å²) >= 11 is 1.61. The molecule has 0 radical (unpaired) electrons. The Balaban J connectivity index is 1.50. The number of carbonyl (C=O) groups excluding carboxylic acids is 1. The van der Waals surface area contributed by atoms with Crippen LogP contribution < -0.4 is 5.32 Å². The summed E-state index contributed by atoms with van der Waals surface area (Å²) in [6.07, 6.45) is 2.36. The first-order chi connectivity index (χ1) is 9.33. The molecule has 3 atom stereocenters. The number of amides is 1. The zero-order valence-electron chi connectivity index (χ0n) is 10.3. The zero-order valence-corrected chi connectivity index (χ0v) is 11.2. The number of aromatic nitrogens is 1. The average Bonchev–Trinajstić information content (AvgIpc) is 2.98.